The number of hydrogen-bond donors (Lipinski definition) is 1. The summed E-state index contributed by atoms with van der Waals surface area (Å²) < 4.78 is 16.8. The van der Waals surface area contributed by atoms with Gasteiger partial charge >= 0.3 is 5.97 Å². The summed E-state index contributed by atoms with van der Waals surface area (Å²) in [5.41, 5.74) is 3.03. The monoisotopic (exact) mass is 505 g/mol. The third-order valence-electron chi connectivity index (χ3n) is 5.43. The molecule has 1 heterocycles. The molecule has 0 bridgehead atoms. The highest BCUT2D eigenvalue weighted by atomic mass is 35.5. The average molecular weight is 506 g/mol. The van der Waals surface area contributed by atoms with E-state index in [1.54, 1.807) is 61.5 Å². The van der Waals surface area contributed by atoms with Gasteiger partial charge in [0.2, 0.25) is 11.2 Å². The van der Waals surface area contributed by atoms with Gasteiger partial charge in [0.1, 0.15) is 5.58 Å². The average Bonchev–Trinajstić information content (AvgIpc) is 2.85. The minimum absolute atomic E-state index is 0.103. The number of carbonyl (C=O) groups is 2. The molecule has 3 aromatic carbocycles. The van der Waals surface area contributed by atoms with E-state index in [2.05, 4.69) is 5.32 Å². The number of carbonyl (C=O) groups excluding carboxylic acids is 2. The van der Waals surface area contributed by atoms with Crippen molar-refractivity contribution in [2.24, 2.45) is 0 Å². The SMILES string of the molecule is CCOC(=O)c1ccc(NC(=O)COc2c(-c3ccccc3Cl)oc3c(C)cc(C)cc3c2=O)cc1. The predicted molar refractivity (Wildman–Crippen MR) is 139 cm³/mol. The van der Waals surface area contributed by atoms with E-state index >= 15 is 0 Å². The lowest BCUT2D eigenvalue weighted by atomic mass is 10.1. The van der Waals surface area contributed by atoms with E-state index in [1.165, 1.54) is 0 Å². The highest BCUT2D eigenvalue weighted by Gasteiger charge is 2.21. The molecule has 0 aliphatic carbocycles. The molecule has 0 atom stereocenters. The van der Waals surface area contributed by atoms with Gasteiger partial charge in [-0.15, -0.1) is 0 Å². The van der Waals surface area contributed by atoms with E-state index in [0.29, 0.717) is 32.8 Å². The molecule has 0 radical (unpaired) electrons. The van der Waals surface area contributed by atoms with Crippen LogP contribution in [0.5, 0.6) is 5.75 Å². The summed E-state index contributed by atoms with van der Waals surface area (Å²) in [6, 6.07) is 16.8. The Morgan fingerprint density at radius 2 is 1.75 bits per heavy atom. The molecular formula is C28H24ClNO6. The zero-order valence-corrected chi connectivity index (χ0v) is 20.8. The zero-order valence-electron chi connectivity index (χ0n) is 20.0. The van der Waals surface area contributed by atoms with E-state index in [4.69, 9.17) is 25.5 Å². The number of benzene rings is 3. The Balaban J connectivity index is 1.63. The molecule has 8 heteroatoms. The van der Waals surface area contributed by atoms with Crippen LogP contribution in [-0.4, -0.2) is 25.1 Å². The highest BCUT2D eigenvalue weighted by Crippen LogP contribution is 2.36. The van der Waals surface area contributed by atoms with Crippen LogP contribution in [-0.2, 0) is 9.53 Å². The highest BCUT2D eigenvalue weighted by molar-refractivity contribution is 6.33. The molecule has 1 aromatic heterocycles. The Morgan fingerprint density at radius 1 is 1.03 bits per heavy atom. The van der Waals surface area contributed by atoms with Crippen LogP contribution in [0, 0.1) is 13.8 Å². The van der Waals surface area contributed by atoms with Gasteiger partial charge in [0.05, 0.1) is 22.6 Å². The first-order valence-electron chi connectivity index (χ1n) is 11.3. The third-order valence-corrected chi connectivity index (χ3v) is 5.76. The molecule has 0 aliphatic rings. The molecule has 36 heavy (non-hydrogen) atoms. The Kier molecular flexibility index (Phi) is 7.41. The fourth-order valence-electron chi connectivity index (χ4n) is 3.82. The fourth-order valence-corrected chi connectivity index (χ4v) is 4.05. The van der Waals surface area contributed by atoms with Gasteiger partial charge in [-0.1, -0.05) is 29.8 Å². The number of esters is 1. The minimum Gasteiger partial charge on any atom is -0.476 e. The van der Waals surface area contributed by atoms with Gasteiger partial charge in [-0.05, 0) is 74.4 Å². The Labute approximate surface area is 212 Å². The molecule has 4 aromatic rings. The first kappa shape index (κ1) is 25.0. The van der Waals surface area contributed by atoms with Crippen molar-refractivity contribution in [1.82, 2.24) is 0 Å². The van der Waals surface area contributed by atoms with Crippen LogP contribution in [0.3, 0.4) is 0 Å². The minimum atomic E-state index is -0.496. The van der Waals surface area contributed by atoms with E-state index in [1.807, 2.05) is 19.9 Å². The van der Waals surface area contributed by atoms with Crippen molar-refractivity contribution < 1.29 is 23.5 Å². The summed E-state index contributed by atoms with van der Waals surface area (Å²) in [6.45, 7) is 5.29. The fraction of sp³-hybridized carbons (Fsp3) is 0.179. The molecule has 0 spiro atoms. The smallest absolute Gasteiger partial charge is 0.338 e. The van der Waals surface area contributed by atoms with Crippen LogP contribution in [0.15, 0.2) is 69.9 Å². The number of halogens is 1. The molecule has 7 nitrogen and oxygen atoms in total. The lowest BCUT2D eigenvalue weighted by molar-refractivity contribution is -0.118. The van der Waals surface area contributed by atoms with Crippen molar-refractivity contribution >= 4 is 40.1 Å². The van der Waals surface area contributed by atoms with Crippen LogP contribution < -0.4 is 15.5 Å². The quantitative estimate of drug-likeness (QED) is 0.313. The molecule has 0 saturated carbocycles. The number of rotatable bonds is 7. The van der Waals surface area contributed by atoms with Crippen LogP contribution in [0.1, 0.15) is 28.4 Å². The molecule has 1 N–H and O–H groups in total. The molecule has 0 saturated heterocycles. The predicted octanol–water partition coefficient (Wildman–Crippen LogP) is 5.92. The van der Waals surface area contributed by atoms with Crippen molar-refractivity contribution in [3.05, 3.63) is 92.6 Å². The number of fused-ring (bicyclic) bond motifs is 1. The van der Waals surface area contributed by atoms with E-state index in [9.17, 15) is 14.4 Å². The number of aryl methyl sites for hydroxylation is 2. The number of amides is 1. The largest absolute Gasteiger partial charge is 0.476 e. The van der Waals surface area contributed by atoms with Gasteiger partial charge in [-0.2, -0.15) is 0 Å². The Morgan fingerprint density at radius 3 is 2.44 bits per heavy atom. The zero-order chi connectivity index (χ0) is 25.8. The molecule has 0 aliphatic heterocycles. The molecular weight excluding hydrogens is 482 g/mol. The van der Waals surface area contributed by atoms with Crippen molar-refractivity contribution in [2.45, 2.75) is 20.8 Å². The molecule has 0 unspecified atom stereocenters. The maximum Gasteiger partial charge on any atom is 0.338 e. The summed E-state index contributed by atoms with van der Waals surface area (Å²) in [5.74, 6) is -0.895. The second kappa shape index (κ2) is 10.7. The van der Waals surface area contributed by atoms with Gasteiger partial charge < -0.3 is 19.2 Å². The van der Waals surface area contributed by atoms with Crippen molar-refractivity contribution in [2.75, 3.05) is 18.5 Å². The Bertz CT molecular complexity index is 1510. The van der Waals surface area contributed by atoms with Gasteiger partial charge in [-0.3, -0.25) is 9.59 Å². The number of anilines is 1. The second-order valence-electron chi connectivity index (χ2n) is 8.16. The van der Waals surface area contributed by atoms with Crippen molar-refractivity contribution in [3.63, 3.8) is 0 Å². The molecule has 0 fully saturated rings. The molecule has 4 rings (SSSR count). The standard InChI is InChI=1S/C28H24ClNO6/c1-4-34-28(33)18-9-11-19(12-10-18)30-23(31)15-35-27-24(32)21-14-16(2)13-17(3)25(21)36-26(27)20-7-5-6-8-22(20)29/h5-14H,4,15H2,1-3H3,(H,30,31). The lowest BCUT2D eigenvalue weighted by Gasteiger charge is -2.14. The maximum absolute atomic E-state index is 13.5. The summed E-state index contributed by atoms with van der Waals surface area (Å²) in [5, 5.41) is 3.41. The molecule has 184 valence electrons. The third kappa shape index (κ3) is 5.26. The number of nitrogens with one attached hydrogen (secondary N) is 1. The number of hydrogen-bond acceptors (Lipinski definition) is 6. The normalized spacial score (nSPS) is 10.8. The summed E-state index contributed by atoms with van der Waals surface area (Å²) >= 11 is 6.39. The van der Waals surface area contributed by atoms with E-state index < -0.39 is 23.9 Å². The first-order chi connectivity index (χ1) is 17.3. The van der Waals surface area contributed by atoms with Crippen LogP contribution in [0.25, 0.3) is 22.3 Å². The Hall–Kier alpha value is -4.10. The van der Waals surface area contributed by atoms with Gasteiger partial charge in [-0.25, -0.2) is 4.79 Å². The van der Waals surface area contributed by atoms with Gasteiger partial charge in [0.25, 0.3) is 5.91 Å². The summed E-state index contributed by atoms with van der Waals surface area (Å²) in [6.07, 6.45) is 0. The molecule has 1 amide bonds. The summed E-state index contributed by atoms with van der Waals surface area (Å²) in [4.78, 5) is 37.9. The van der Waals surface area contributed by atoms with E-state index in [0.717, 1.165) is 11.1 Å². The topological polar surface area (TPSA) is 94.8 Å². The van der Waals surface area contributed by atoms with Crippen LogP contribution >= 0.6 is 11.6 Å². The van der Waals surface area contributed by atoms with Gasteiger partial charge in [0, 0.05) is 11.3 Å². The van der Waals surface area contributed by atoms with Crippen molar-refractivity contribution in [3.8, 4) is 17.1 Å². The number of ether oxygens (including phenoxy) is 2. The van der Waals surface area contributed by atoms with E-state index in [-0.39, 0.29) is 18.1 Å². The van der Waals surface area contributed by atoms with Crippen molar-refractivity contribution in [1.29, 1.82) is 0 Å². The van der Waals surface area contributed by atoms with Crippen LogP contribution in [0.4, 0.5) is 5.69 Å². The van der Waals surface area contributed by atoms with Crippen LogP contribution in [0.2, 0.25) is 5.02 Å². The van der Waals surface area contributed by atoms with Gasteiger partial charge in [0.15, 0.2) is 12.4 Å². The maximum atomic E-state index is 13.5. The lowest BCUT2D eigenvalue weighted by Crippen LogP contribution is -2.22. The summed E-state index contributed by atoms with van der Waals surface area (Å²) in [7, 11) is 0. The first-order valence-corrected chi connectivity index (χ1v) is 11.7. The second-order valence-corrected chi connectivity index (χ2v) is 8.57.